The Kier molecular flexibility index (Phi) is 46.8. The lowest BCUT2D eigenvalue weighted by Gasteiger charge is -2.27. The van der Waals surface area contributed by atoms with E-state index in [2.05, 4.69) is 62.5 Å². The van der Waals surface area contributed by atoms with Gasteiger partial charge in [0.15, 0.2) is 0 Å². The van der Waals surface area contributed by atoms with Crippen molar-refractivity contribution in [2.45, 2.75) is 164 Å². The van der Waals surface area contributed by atoms with Crippen LogP contribution in [-0.2, 0) is 38.4 Å². The van der Waals surface area contributed by atoms with Crippen molar-refractivity contribution in [1.29, 1.82) is 0 Å². The van der Waals surface area contributed by atoms with Crippen molar-refractivity contribution in [2.75, 3.05) is 188 Å². The van der Waals surface area contributed by atoms with Gasteiger partial charge in [0.2, 0.25) is 47.3 Å². The van der Waals surface area contributed by atoms with Gasteiger partial charge in [0.05, 0.1) is 94.2 Å². The van der Waals surface area contributed by atoms with Crippen molar-refractivity contribution >= 4 is 92.8 Å². The third-order valence-corrected chi connectivity index (χ3v) is 23.7. The van der Waals surface area contributed by atoms with Crippen LogP contribution in [0.4, 0.5) is 49.9 Å². The third-order valence-electron chi connectivity index (χ3n) is 23.7. The van der Waals surface area contributed by atoms with Crippen LogP contribution in [0.15, 0.2) is 164 Å². The van der Waals surface area contributed by atoms with Gasteiger partial charge >= 0.3 is 0 Å². The number of rotatable bonds is 35. The molecule has 0 radical (unpaired) electrons. The highest BCUT2D eigenvalue weighted by Gasteiger charge is 2.27. The molecule has 0 unspecified atom stereocenters. The summed E-state index contributed by atoms with van der Waals surface area (Å²) in [6, 6.07) is 45.5. The highest BCUT2D eigenvalue weighted by molar-refractivity contribution is 5.98. The predicted octanol–water partition coefficient (Wildman–Crippen LogP) is 12.5. The van der Waals surface area contributed by atoms with Gasteiger partial charge in [-0.05, 0) is 286 Å². The van der Waals surface area contributed by atoms with E-state index in [9.17, 15) is 42.7 Å². The van der Waals surface area contributed by atoms with Crippen LogP contribution >= 0.6 is 0 Å². The molecule has 28 nitrogen and oxygen atoms in total. The average molecular weight is 1810 g/mol. The van der Waals surface area contributed by atoms with Gasteiger partial charge in [-0.3, -0.25) is 48.3 Å². The van der Waals surface area contributed by atoms with E-state index in [0.29, 0.717) is 81.5 Å². The van der Waals surface area contributed by atoms with Crippen LogP contribution < -0.4 is 81.7 Å². The molecule has 8 amide bonds. The maximum atomic E-state index is 13.4. The van der Waals surface area contributed by atoms with Crippen LogP contribution in [0.25, 0.3) is 0 Å². The number of nitrogens with zero attached hydrogens (tertiary/aromatic N) is 12. The molecule has 8 aromatic rings. The second-order valence-corrected chi connectivity index (χ2v) is 35.3. The van der Waals surface area contributed by atoms with E-state index in [4.69, 9.17) is 0 Å². The number of pyridine rings is 2. The van der Waals surface area contributed by atoms with E-state index in [-0.39, 0.29) is 53.1 Å². The minimum Gasteiger partial charge on any atom is -0.314 e. The van der Waals surface area contributed by atoms with Crippen LogP contribution in [0, 0.1) is 84.9 Å². The highest BCUT2D eigenvalue weighted by Crippen LogP contribution is 2.31. The zero-order valence-electron chi connectivity index (χ0n) is 81.7. The number of halogens is 1. The molecule has 716 valence electrons. The Hall–Kier alpha value is -11.2. The first kappa shape index (κ1) is 108. The van der Waals surface area contributed by atoms with Gasteiger partial charge < -0.3 is 81.7 Å². The highest BCUT2D eigenvalue weighted by atomic mass is 19.1. The van der Waals surface area contributed by atoms with E-state index in [1.54, 1.807) is 127 Å². The summed E-state index contributed by atoms with van der Waals surface area (Å²) in [7, 11) is 16.0. The summed E-state index contributed by atoms with van der Waals surface area (Å²) in [5.74, 6) is 4.14. The van der Waals surface area contributed by atoms with Crippen molar-refractivity contribution < 1.29 is 42.7 Å². The fraction of sp³-hybridized carbons (Fsp3) is 0.495. The molecule has 3 heterocycles. The van der Waals surface area contributed by atoms with Gasteiger partial charge in [0, 0.05) is 108 Å². The lowest BCUT2D eigenvalue weighted by atomic mass is 9.93. The van der Waals surface area contributed by atoms with Crippen molar-refractivity contribution in [3.8, 4) is 0 Å². The summed E-state index contributed by atoms with van der Waals surface area (Å²) >= 11 is 0. The molecule has 0 aliphatic heterocycles. The Bertz CT molecular complexity index is 4540. The van der Waals surface area contributed by atoms with Crippen molar-refractivity contribution in [2.24, 2.45) is 23.7 Å². The second-order valence-electron chi connectivity index (χ2n) is 35.3. The molecule has 0 spiro atoms. The molecule has 0 atom stereocenters. The normalized spacial score (nSPS) is 13.8. The number of likely N-dealkylation sites (N-methyl/N-ethyl adjacent to an activating group) is 10. The minimum absolute atomic E-state index is 0.0399. The number of benzene rings is 5. The molecule has 5 aromatic carbocycles. The maximum absolute atomic E-state index is 13.4. The smallest absolute Gasteiger partial charge is 0.240 e. The van der Waals surface area contributed by atoms with Crippen molar-refractivity contribution in [1.82, 2.24) is 62.5 Å². The molecule has 8 N–H and O–H groups in total. The summed E-state index contributed by atoms with van der Waals surface area (Å²) in [5, 5.41) is 25.1. The first-order chi connectivity index (χ1) is 63.2. The Morgan fingerprint density at radius 1 is 0.303 bits per heavy atom. The van der Waals surface area contributed by atoms with Gasteiger partial charge in [0.1, 0.15) is 11.6 Å². The number of anilines is 8. The molecule has 6 aliphatic carbocycles. The number of carbonyl (C=O) groups is 8. The van der Waals surface area contributed by atoms with Crippen molar-refractivity contribution in [3.05, 3.63) is 215 Å². The summed E-state index contributed by atoms with van der Waals surface area (Å²) < 4.78 is 13.4. The number of aromatic nitrogens is 4. The lowest BCUT2D eigenvalue weighted by molar-refractivity contribution is -0.118. The lowest BCUT2D eigenvalue weighted by Crippen LogP contribution is -2.42. The maximum Gasteiger partial charge on any atom is 0.240 e. The molecule has 14 rings (SSSR count). The molecule has 0 bridgehead atoms. The van der Waals surface area contributed by atoms with Crippen LogP contribution in [0.1, 0.15) is 142 Å². The first-order valence-electron chi connectivity index (χ1n) is 46.6. The zero-order valence-corrected chi connectivity index (χ0v) is 81.7. The molecular formula is C103H149FN20O8. The van der Waals surface area contributed by atoms with E-state index in [0.717, 1.165) is 108 Å². The summed E-state index contributed by atoms with van der Waals surface area (Å²) in [6.45, 7) is 25.3. The van der Waals surface area contributed by atoms with Gasteiger partial charge in [-0.2, -0.15) is 0 Å². The monoisotopic (exact) mass is 1810 g/mol. The molecule has 6 aliphatic rings. The Morgan fingerprint density at radius 2 is 0.553 bits per heavy atom. The van der Waals surface area contributed by atoms with E-state index in [1.165, 1.54) is 123 Å². The molecule has 132 heavy (non-hydrogen) atoms. The van der Waals surface area contributed by atoms with Crippen LogP contribution in [0.5, 0.6) is 0 Å². The number of aryl methyl sites for hydroxylation is 8. The molecule has 6 saturated carbocycles. The minimum atomic E-state index is -0.280. The number of amides is 8. The van der Waals surface area contributed by atoms with E-state index in [1.807, 2.05) is 191 Å². The van der Waals surface area contributed by atoms with Crippen LogP contribution in [-0.4, -0.2) is 228 Å². The molecule has 3 aromatic heterocycles. The van der Waals surface area contributed by atoms with Crippen LogP contribution in [0.3, 0.4) is 0 Å². The Balaban J connectivity index is 0.000000206. The topological polar surface area (TPSA) is 310 Å². The van der Waals surface area contributed by atoms with Gasteiger partial charge in [-0.25, -0.2) is 14.4 Å². The quantitative estimate of drug-likeness (QED) is 0.0183. The molecule has 29 heteroatoms. The molecule has 6 fully saturated rings. The Morgan fingerprint density at radius 3 is 0.811 bits per heavy atom. The van der Waals surface area contributed by atoms with Crippen molar-refractivity contribution in [3.63, 3.8) is 0 Å². The molecular weight excluding hydrogens is 1660 g/mol. The van der Waals surface area contributed by atoms with E-state index >= 15 is 0 Å². The summed E-state index contributed by atoms with van der Waals surface area (Å²) in [6.07, 6.45) is 24.5. The Labute approximate surface area is 784 Å². The summed E-state index contributed by atoms with van der Waals surface area (Å²) in [4.78, 5) is 124. The SMILES string of the molecule is CCNCC(=O)N(C)c1ccc(C)cc1.CNCC(=O)N(C)c1ccc(C)cc1.Cc1ccc(N(C)C(=O)CNC2CCC2)cc1.Cc1ccc(N(C)C(=O)CNC2CCC2)cn1.Cc1ccc(N(C)C(=O)CNCC2CC2)cc1.Cc1ccc(N(C)C(=O)CNCC2CC2)cc1F.Cc1ccc(N(C)C(=O)CNCC2CC2)cn1.Cc1ncc(N(C)C(=O)CNCC2CC2)cn1. The number of hydrogen-bond acceptors (Lipinski definition) is 20. The predicted molar refractivity (Wildman–Crippen MR) is 534 cm³/mol. The largest absolute Gasteiger partial charge is 0.314 e. The van der Waals surface area contributed by atoms with E-state index < -0.39 is 0 Å². The second kappa shape index (κ2) is 57.3. The van der Waals surface area contributed by atoms with Crippen LogP contribution in [0.2, 0.25) is 0 Å². The average Bonchev–Trinajstić information content (AvgIpc) is 1.49. The van der Waals surface area contributed by atoms with Gasteiger partial charge in [0.25, 0.3) is 0 Å². The fourth-order valence-corrected chi connectivity index (χ4v) is 12.7. The fourth-order valence-electron chi connectivity index (χ4n) is 12.7. The molecule has 0 saturated heterocycles. The first-order valence-corrected chi connectivity index (χ1v) is 46.6. The number of nitrogens with one attached hydrogen (secondary N) is 8. The summed E-state index contributed by atoms with van der Waals surface area (Å²) in [5.41, 5.74) is 14.1. The zero-order chi connectivity index (χ0) is 96.2. The standard InChI is InChI=1S/C14H19FN2O.2C14H20N2O.2C13H19N3O.C12H18N4O.C12H18N2O.C11H16N2O/c1-10-3-6-12(7-13(10)15)17(2)14(18)9-16-8-11-4-5-11;1-11-3-7-13(8-4-11)16(2)14(17)10-15-9-12-5-6-12;1-11-6-8-13(9-7-11)16(2)14(17)10-15-12-4-3-5-12;1-10-3-6-12(8-15-10)16(2)13(17)9-14-7-11-4-5-11;1-10-6-7-12(8-14-10)16(2)13(17)9-15-11-4-3-5-11;1-9-14-6-11(7-15-9)16(2)12(17)8-13-5-10-3-4-10;1-4-13-9-12(15)14(3)11-7-5-10(2)6-8-11;1-9-4-6-10(7-5-9)13(3)11(14)8-12-2/h3,6-7,11,16H,4-5,8-9H2,1-2H3;3-4,7-8,12,15H,5-6,9-10H2,1-2H3;6-9,12,15H,3-5,10H2,1-2H3;3,6,8,11,14H,4-5,7,9H2,1-2H3;6-8,11,15H,3-5,9H2,1-2H3;6-7,10,13H,3-5,8H2,1-2H3;5-8,13H,4,9H2,1-3H3;4-7,12H,8H2,1-3H3. The van der Waals surface area contributed by atoms with Gasteiger partial charge in [-0.15, -0.1) is 0 Å². The third kappa shape index (κ3) is 40.9. The number of hydrogen-bond donors (Lipinski definition) is 8. The van der Waals surface area contributed by atoms with Gasteiger partial charge in [-0.1, -0.05) is 96.6 Å². The number of carbonyl (C=O) groups excluding carboxylic acids is 8.